The molecule has 1 heterocycles. The second kappa shape index (κ2) is 5.14. The molecule has 0 fully saturated rings. The van der Waals surface area contributed by atoms with Crippen molar-refractivity contribution in [3.05, 3.63) is 24.0 Å². The van der Waals surface area contributed by atoms with Gasteiger partial charge in [0.15, 0.2) is 0 Å². The van der Waals surface area contributed by atoms with Gasteiger partial charge in [-0.1, -0.05) is 6.92 Å². The van der Waals surface area contributed by atoms with Gasteiger partial charge in [0.2, 0.25) is 5.95 Å². The molecule has 0 unspecified atom stereocenters. The average molecular weight is 237 g/mol. The van der Waals surface area contributed by atoms with Crippen molar-refractivity contribution in [3.8, 4) is 0 Å². The topological polar surface area (TPSA) is 50.1 Å². The molecule has 0 atom stereocenters. The molecular formula is C12H16FN3O. The molecule has 5 heteroatoms. The van der Waals surface area contributed by atoms with E-state index in [1.165, 1.54) is 12.1 Å². The molecule has 92 valence electrons. The first-order valence-electron chi connectivity index (χ1n) is 5.76. The van der Waals surface area contributed by atoms with E-state index >= 15 is 0 Å². The van der Waals surface area contributed by atoms with Crippen molar-refractivity contribution in [1.82, 2.24) is 9.55 Å². The highest BCUT2D eigenvalue weighted by atomic mass is 19.1. The first kappa shape index (κ1) is 11.9. The van der Waals surface area contributed by atoms with Gasteiger partial charge in [-0.3, -0.25) is 0 Å². The Morgan fingerprint density at radius 3 is 3.00 bits per heavy atom. The van der Waals surface area contributed by atoms with Crippen LogP contribution in [0, 0.1) is 5.82 Å². The molecule has 4 nitrogen and oxygen atoms in total. The van der Waals surface area contributed by atoms with Gasteiger partial charge in [-0.05, 0) is 18.6 Å². The van der Waals surface area contributed by atoms with Gasteiger partial charge >= 0.3 is 0 Å². The van der Waals surface area contributed by atoms with Gasteiger partial charge in [-0.25, -0.2) is 9.37 Å². The predicted octanol–water partition coefficient (Wildman–Crippen LogP) is 1.99. The second-order valence-corrected chi connectivity index (χ2v) is 3.87. The normalized spacial score (nSPS) is 11.0. The number of rotatable bonds is 5. The molecule has 0 amide bonds. The van der Waals surface area contributed by atoms with Crippen LogP contribution in [0.5, 0.6) is 0 Å². The summed E-state index contributed by atoms with van der Waals surface area (Å²) in [5.41, 5.74) is 1.44. The maximum atomic E-state index is 13.1. The Morgan fingerprint density at radius 2 is 2.29 bits per heavy atom. The van der Waals surface area contributed by atoms with E-state index in [0.29, 0.717) is 18.0 Å². The fourth-order valence-corrected chi connectivity index (χ4v) is 1.80. The van der Waals surface area contributed by atoms with Crippen LogP contribution in [-0.4, -0.2) is 27.8 Å². The highest BCUT2D eigenvalue weighted by Gasteiger charge is 2.10. The van der Waals surface area contributed by atoms with Crippen LogP contribution in [-0.2, 0) is 6.54 Å². The van der Waals surface area contributed by atoms with E-state index in [1.807, 2.05) is 4.57 Å². The molecule has 0 spiro atoms. The van der Waals surface area contributed by atoms with E-state index in [-0.39, 0.29) is 12.4 Å². The van der Waals surface area contributed by atoms with Crippen LogP contribution >= 0.6 is 0 Å². The minimum absolute atomic E-state index is 0.0314. The molecule has 0 aliphatic heterocycles. The molecule has 17 heavy (non-hydrogen) atoms. The summed E-state index contributed by atoms with van der Waals surface area (Å²) in [7, 11) is 0. The van der Waals surface area contributed by atoms with Crippen LogP contribution in [0.25, 0.3) is 11.0 Å². The highest BCUT2D eigenvalue weighted by Crippen LogP contribution is 2.20. The summed E-state index contributed by atoms with van der Waals surface area (Å²) >= 11 is 0. The maximum Gasteiger partial charge on any atom is 0.203 e. The van der Waals surface area contributed by atoms with Crippen LogP contribution in [0.3, 0.4) is 0 Å². The number of aliphatic hydroxyl groups is 1. The largest absolute Gasteiger partial charge is 0.395 e. The van der Waals surface area contributed by atoms with E-state index in [1.54, 1.807) is 6.07 Å². The van der Waals surface area contributed by atoms with Crippen LogP contribution in [0.2, 0.25) is 0 Å². The number of nitrogens with one attached hydrogen (secondary N) is 1. The number of hydrogen-bond acceptors (Lipinski definition) is 3. The van der Waals surface area contributed by atoms with E-state index in [0.717, 1.165) is 18.5 Å². The average Bonchev–Trinajstić information content (AvgIpc) is 2.64. The summed E-state index contributed by atoms with van der Waals surface area (Å²) in [6, 6.07) is 4.49. The number of hydrogen-bond donors (Lipinski definition) is 2. The number of nitrogens with zero attached hydrogens (tertiary/aromatic N) is 2. The minimum Gasteiger partial charge on any atom is -0.395 e. The first-order valence-corrected chi connectivity index (χ1v) is 5.76. The Balaban J connectivity index is 2.45. The zero-order chi connectivity index (χ0) is 12.3. The quantitative estimate of drug-likeness (QED) is 0.836. The molecule has 1 aromatic heterocycles. The number of benzene rings is 1. The molecular weight excluding hydrogens is 221 g/mol. The zero-order valence-electron chi connectivity index (χ0n) is 9.78. The zero-order valence-corrected chi connectivity index (χ0v) is 9.78. The Kier molecular flexibility index (Phi) is 3.58. The van der Waals surface area contributed by atoms with Crippen molar-refractivity contribution >= 4 is 17.0 Å². The summed E-state index contributed by atoms with van der Waals surface area (Å²) in [6.45, 7) is 3.35. The molecule has 2 aromatic rings. The number of aromatic nitrogens is 2. The van der Waals surface area contributed by atoms with Gasteiger partial charge in [0.1, 0.15) is 5.82 Å². The lowest BCUT2D eigenvalue weighted by Gasteiger charge is -2.08. The maximum absolute atomic E-state index is 13.1. The van der Waals surface area contributed by atoms with Gasteiger partial charge in [0.25, 0.3) is 0 Å². The second-order valence-electron chi connectivity index (χ2n) is 3.87. The standard InChI is InChI=1S/C12H16FN3O/c1-2-5-14-12-15-10-8-9(13)3-4-11(10)16(12)6-7-17/h3-4,8,17H,2,5-7H2,1H3,(H,14,15). The number of anilines is 1. The van der Waals surface area contributed by atoms with Gasteiger partial charge < -0.3 is 15.0 Å². The Labute approximate surface area is 99.1 Å². The third kappa shape index (κ3) is 2.39. The SMILES string of the molecule is CCCNc1nc2cc(F)ccc2n1CCO. The molecule has 0 saturated heterocycles. The van der Waals surface area contributed by atoms with Gasteiger partial charge in [0.05, 0.1) is 17.6 Å². The first-order chi connectivity index (χ1) is 8.26. The van der Waals surface area contributed by atoms with Crippen LogP contribution in [0.4, 0.5) is 10.3 Å². The van der Waals surface area contributed by atoms with Crippen molar-refractivity contribution in [2.24, 2.45) is 0 Å². The van der Waals surface area contributed by atoms with Crippen molar-refractivity contribution in [3.63, 3.8) is 0 Å². The summed E-state index contributed by atoms with van der Waals surface area (Å²) in [6.07, 6.45) is 0.983. The van der Waals surface area contributed by atoms with Crippen molar-refractivity contribution in [2.45, 2.75) is 19.9 Å². The summed E-state index contributed by atoms with van der Waals surface area (Å²) in [5.74, 6) is 0.384. The predicted molar refractivity (Wildman–Crippen MR) is 65.6 cm³/mol. The monoisotopic (exact) mass is 237 g/mol. The summed E-state index contributed by atoms with van der Waals surface area (Å²) in [5, 5.41) is 12.2. The fourth-order valence-electron chi connectivity index (χ4n) is 1.80. The molecule has 0 bridgehead atoms. The van der Waals surface area contributed by atoms with Crippen molar-refractivity contribution in [1.29, 1.82) is 0 Å². The Bertz CT molecular complexity index is 510. The lowest BCUT2D eigenvalue weighted by molar-refractivity contribution is 0.278. The number of imidazole rings is 1. The molecule has 0 aliphatic carbocycles. The number of fused-ring (bicyclic) bond motifs is 1. The highest BCUT2D eigenvalue weighted by molar-refractivity contribution is 5.78. The minimum atomic E-state index is -0.298. The molecule has 2 rings (SSSR count). The lowest BCUT2D eigenvalue weighted by Crippen LogP contribution is -2.10. The van der Waals surface area contributed by atoms with Crippen molar-refractivity contribution in [2.75, 3.05) is 18.5 Å². The lowest BCUT2D eigenvalue weighted by atomic mass is 10.3. The number of aliphatic hydroxyl groups excluding tert-OH is 1. The summed E-state index contributed by atoms with van der Waals surface area (Å²) < 4.78 is 15.0. The van der Waals surface area contributed by atoms with Crippen LogP contribution in [0.1, 0.15) is 13.3 Å². The molecule has 2 N–H and O–H groups in total. The Morgan fingerprint density at radius 1 is 1.47 bits per heavy atom. The molecule has 1 aromatic carbocycles. The number of halogens is 1. The molecule has 0 saturated carbocycles. The molecule has 0 aliphatic rings. The summed E-state index contributed by atoms with van der Waals surface area (Å²) in [4.78, 5) is 4.33. The van der Waals surface area contributed by atoms with Crippen LogP contribution in [0.15, 0.2) is 18.2 Å². The van der Waals surface area contributed by atoms with Gasteiger partial charge in [-0.2, -0.15) is 0 Å². The van der Waals surface area contributed by atoms with E-state index < -0.39 is 0 Å². The van der Waals surface area contributed by atoms with E-state index in [4.69, 9.17) is 5.11 Å². The third-order valence-corrected chi connectivity index (χ3v) is 2.57. The van der Waals surface area contributed by atoms with E-state index in [2.05, 4.69) is 17.2 Å². The van der Waals surface area contributed by atoms with Crippen LogP contribution < -0.4 is 5.32 Å². The van der Waals surface area contributed by atoms with Gasteiger partial charge in [0, 0.05) is 19.2 Å². The fraction of sp³-hybridized carbons (Fsp3) is 0.417. The van der Waals surface area contributed by atoms with E-state index in [9.17, 15) is 4.39 Å². The van der Waals surface area contributed by atoms with Gasteiger partial charge in [-0.15, -0.1) is 0 Å². The Hall–Kier alpha value is -1.62. The third-order valence-electron chi connectivity index (χ3n) is 2.57. The molecule has 0 radical (unpaired) electrons. The van der Waals surface area contributed by atoms with Crippen molar-refractivity contribution < 1.29 is 9.50 Å². The smallest absolute Gasteiger partial charge is 0.203 e.